The number of aliphatic hydroxyl groups excluding tert-OH is 2. The number of nitrogens with zero attached hydrogens (tertiary/aromatic N) is 1. The predicted octanol–water partition coefficient (Wildman–Crippen LogP) is 0.896. The molecular formula is C35H49NO11. The Labute approximate surface area is 275 Å². The van der Waals surface area contributed by atoms with Crippen LogP contribution in [0.1, 0.15) is 37.0 Å². The number of methoxy groups -OCH3 is 4. The van der Waals surface area contributed by atoms with Crippen LogP contribution in [0.4, 0.5) is 0 Å². The lowest BCUT2D eigenvalue weighted by atomic mass is 9.43. The molecule has 5 saturated carbocycles. The van der Waals surface area contributed by atoms with Gasteiger partial charge < -0.3 is 48.6 Å². The van der Waals surface area contributed by atoms with E-state index in [0.29, 0.717) is 31.6 Å². The van der Waals surface area contributed by atoms with Crippen LogP contribution in [0.5, 0.6) is 0 Å². The van der Waals surface area contributed by atoms with Crippen molar-refractivity contribution >= 4 is 11.9 Å². The van der Waals surface area contributed by atoms with Crippen LogP contribution in [0.15, 0.2) is 30.3 Å². The minimum absolute atomic E-state index is 0.0876. The maximum Gasteiger partial charge on any atom is 0.338 e. The van der Waals surface area contributed by atoms with Gasteiger partial charge >= 0.3 is 11.9 Å². The summed E-state index contributed by atoms with van der Waals surface area (Å²) in [5.41, 5.74) is -4.76. The standard InChI is InChI=1S/C35H49NO11/c1-7-36-15-21-24-26(44-5)27-32(16-36,17-42-3)22(38)13-23(43-4)34(21,27)20-14-33(41)29(46-31(40)19-11-9-8-10-12-19)25(20)35(24,47-18(2)37)28(39)30(33)45-6/h8-12,20-30,38-39,41H,7,13-17H2,1-6H3/t20?,21?,22?,23-,24+,25+,26-,27+,28-,29+,30-,32+,33+,34?,35-/m0/s1. The molecule has 1 heterocycles. The molecule has 6 fully saturated rings. The Kier molecular flexibility index (Phi) is 8.12. The van der Waals surface area contributed by atoms with Gasteiger partial charge in [-0.15, -0.1) is 0 Å². The van der Waals surface area contributed by atoms with Gasteiger partial charge in [0, 0.05) is 83.5 Å². The van der Waals surface area contributed by atoms with Crippen LogP contribution in [0.25, 0.3) is 0 Å². The summed E-state index contributed by atoms with van der Waals surface area (Å²) in [5.74, 6) is -3.86. The van der Waals surface area contributed by atoms with Crippen molar-refractivity contribution < 1.29 is 53.3 Å². The van der Waals surface area contributed by atoms with E-state index in [4.69, 9.17) is 28.4 Å². The maximum absolute atomic E-state index is 13.8. The minimum Gasteiger partial charge on any atom is -0.455 e. The summed E-state index contributed by atoms with van der Waals surface area (Å²) in [5, 5.41) is 37.5. The molecule has 47 heavy (non-hydrogen) atoms. The topological polar surface area (TPSA) is 153 Å². The fourth-order valence-electron chi connectivity index (χ4n) is 12.5. The van der Waals surface area contributed by atoms with E-state index in [1.54, 1.807) is 51.7 Å². The number of carbonyl (C=O) groups excluding carboxylic acids is 2. The highest BCUT2D eigenvalue weighted by molar-refractivity contribution is 5.89. The third kappa shape index (κ3) is 3.98. The molecule has 3 N–H and O–H groups in total. The van der Waals surface area contributed by atoms with Gasteiger partial charge in [0.2, 0.25) is 0 Å². The van der Waals surface area contributed by atoms with E-state index >= 15 is 0 Å². The van der Waals surface area contributed by atoms with Gasteiger partial charge in [0.05, 0.1) is 30.5 Å². The highest BCUT2D eigenvalue weighted by Gasteiger charge is 2.91. The summed E-state index contributed by atoms with van der Waals surface area (Å²) >= 11 is 0. The summed E-state index contributed by atoms with van der Waals surface area (Å²) in [6.45, 7) is 5.42. The lowest BCUT2D eigenvalue weighted by Gasteiger charge is -2.64. The molecule has 0 radical (unpaired) electrons. The Morgan fingerprint density at radius 1 is 0.979 bits per heavy atom. The number of likely N-dealkylation sites (tertiary alicyclic amines) is 1. The zero-order valence-corrected chi connectivity index (χ0v) is 28.0. The van der Waals surface area contributed by atoms with E-state index in [1.165, 1.54) is 14.0 Å². The van der Waals surface area contributed by atoms with Crippen LogP contribution < -0.4 is 0 Å². The van der Waals surface area contributed by atoms with Gasteiger partial charge in [0.1, 0.15) is 23.9 Å². The number of carbonyl (C=O) groups is 2. The second kappa shape index (κ2) is 11.4. The van der Waals surface area contributed by atoms with Crippen molar-refractivity contribution in [2.45, 2.75) is 74.5 Å². The smallest absolute Gasteiger partial charge is 0.338 e. The van der Waals surface area contributed by atoms with E-state index in [0.717, 1.165) is 0 Å². The highest BCUT2D eigenvalue weighted by atomic mass is 16.6. The summed E-state index contributed by atoms with van der Waals surface area (Å²) < 4.78 is 37.6. The number of ether oxygens (including phenoxy) is 6. The Balaban J connectivity index is 1.53. The van der Waals surface area contributed by atoms with Crippen molar-refractivity contribution in [3.63, 3.8) is 0 Å². The molecule has 260 valence electrons. The van der Waals surface area contributed by atoms with E-state index in [2.05, 4.69) is 11.8 Å². The van der Waals surface area contributed by atoms with E-state index < -0.39 is 88.3 Å². The third-order valence-corrected chi connectivity index (χ3v) is 13.5. The molecule has 1 aromatic carbocycles. The van der Waals surface area contributed by atoms with Crippen molar-refractivity contribution in [3.8, 4) is 0 Å². The molecule has 1 aromatic rings. The first-order chi connectivity index (χ1) is 22.5. The summed E-state index contributed by atoms with van der Waals surface area (Å²) in [6, 6.07) is 8.54. The average molecular weight is 660 g/mol. The van der Waals surface area contributed by atoms with Crippen molar-refractivity contribution in [1.29, 1.82) is 0 Å². The number of benzene rings is 1. The average Bonchev–Trinajstić information content (AvgIpc) is 3.42. The number of fused-ring (bicyclic) bond motifs is 2. The fraction of sp³-hybridized carbons (Fsp3) is 0.771. The molecule has 4 unspecified atom stereocenters. The number of hydrogen-bond donors (Lipinski definition) is 3. The molecule has 1 spiro atoms. The number of hydrogen-bond acceptors (Lipinski definition) is 12. The van der Waals surface area contributed by atoms with E-state index in [9.17, 15) is 24.9 Å². The van der Waals surface area contributed by atoms with Crippen LogP contribution in [-0.4, -0.2) is 135 Å². The van der Waals surface area contributed by atoms with Crippen LogP contribution >= 0.6 is 0 Å². The maximum atomic E-state index is 13.8. The predicted molar refractivity (Wildman–Crippen MR) is 165 cm³/mol. The van der Waals surface area contributed by atoms with Crippen LogP contribution in [-0.2, 0) is 33.2 Å². The van der Waals surface area contributed by atoms with Crippen molar-refractivity contribution in [1.82, 2.24) is 4.90 Å². The molecule has 1 saturated heterocycles. The Morgan fingerprint density at radius 2 is 1.70 bits per heavy atom. The molecule has 0 amide bonds. The molecule has 7 rings (SSSR count). The van der Waals surface area contributed by atoms with Crippen molar-refractivity contribution in [2.75, 3.05) is 54.7 Å². The highest BCUT2D eigenvalue weighted by Crippen LogP contribution is 2.81. The third-order valence-electron chi connectivity index (χ3n) is 13.5. The first-order valence-electron chi connectivity index (χ1n) is 16.8. The van der Waals surface area contributed by atoms with Crippen molar-refractivity contribution in [3.05, 3.63) is 35.9 Å². The molecular weight excluding hydrogens is 610 g/mol. The zero-order chi connectivity index (χ0) is 33.7. The number of rotatable bonds is 9. The summed E-state index contributed by atoms with van der Waals surface area (Å²) in [4.78, 5) is 29.4. The molecule has 5 aliphatic carbocycles. The second-order valence-corrected chi connectivity index (χ2v) is 14.8. The molecule has 12 heteroatoms. The summed E-state index contributed by atoms with van der Waals surface area (Å²) in [7, 11) is 6.31. The Bertz CT molecular complexity index is 1380. The fourth-order valence-corrected chi connectivity index (χ4v) is 12.5. The van der Waals surface area contributed by atoms with Gasteiger partial charge in [0.25, 0.3) is 0 Å². The Morgan fingerprint density at radius 3 is 2.30 bits per heavy atom. The summed E-state index contributed by atoms with van der Waals surface area (Å²) in [6.07, 6.45) is -5.45. The number of aliphatic hydroxyl groups is 3. The zero-order valence-electron chi connectivity index (χ0n) is 28.0. The molecule has 7 bridgehead atoms. The first kappa shape index (κ1) is 33.3. The van der Waals surface area contributed by atoms with Gasteiger partial charge in [-0.05, 0) is 36.9 Å². The largest absolute Gasteiger partial charge is 0.455 e. The normalized spacial score (nSPS) is 49.3. The van der Waals surface area contributed by atoms with Gasteiger partial charge in [-0.25, -0.2) is 4.79 Å². The quantitative estimate of drug-likeness (QED) is 0.323. The van der Waals surface area contributed by atoms with E-state index in [1.807, 2.05) is 0 Å². The number of esters is 2. The van der Waals surface area contributed by atoms with Gasteiger partial charge in [-0.3, -0.25) is 4.79 Å². The minimum atomic E-state index is -1.83. The molecule has 15 atom stereocenters. The van der Waals surface area contributed by atoms with Crippen molar-refractivity contribution in [2.24, 2.45) is 40.4 Å². The molecule has 1 aliphatic heterocycles. The monoisotopic (exact) mass is 659 g/mol. The Hall–Kier alpha value is -2.16. The van der Waals surface area contributed by atoms with Gasteiger partial charge in [-0.1, -0.05) is 25.1 Å². The van der Waals surface area contributed by atoms with Gasteiger partial charge in [-0.2, -0.15) is 0 Å². The lowest BCUT2D eigenvalue weighted by molar-refractivity contribution is -0.312. The molecule has 6 aliphatic rings. The van der Waals surface area contributed by atoms with Crippen LogP contribution in [0.3, 0.4) is 0 Å². The van der Waals surface area contributed by atoms with Crippen LogP contribution in [0.2, 0.25) is 0 Å². The molecule has 12 nitrogen and oxygen atoms in total. The molecule has 0 aromatic heterocycles. The van der Waals surface area contributed by atoms with Crippen LogP contribution in [0, 0.1) is 40.4 Å². The van der Waals surface area contributed by atoms with Gasteiger partial charge in [0.15, 0.2) is 5.60 Å². The second-order valence-electron chi connectivity index (χ2n) is 14.8. The SMILES string of the molecule is CCN1CC2[C@@H]3[C@H](OC)[C@H]4C2(C2C[C@@]5(O)[C@H](OC(=O)c6ccccc6)[C@@H]2[C@]3(OC(C)=O)[C@@H](O)[C@@H]5OC)[C@@H](OC)CC(O)[C@]4(COC)C1. The van der Waals surface area contributed by atoms with E-state index in [-0.39, 0.29) is 24.9 Å². The first-order valence-corrected chi connectivity index (χ1v) is 16.8. The lowest BCUT2D eigenvalue weighted by Crippen LogP contribution is -2.77.